The minimum atomic E-state index is -0.615. The van der Waals surface area contributed by atoms with E-state index in [1.807, 2.05) is 0 Å². The van der Waals surface area contributed by atoms with E-state index in [2.05, 4.69) is 15.3 Å². The van der Waals surface area contributed by atoms with Gasteiger partial charge < -0.3 is 15.4 Å². The summed E-state index contributed by atoms with van der Waals surface area (Å²) in [5.41, 5.74) is 0.142. The normalized spacial score (nSPS) is 15.5. The van der Waals surface area contributed by atoms with E-state index in [9.17, 15) is 14.4 Å². The van der Waals surface area contributed by atoms with Crippen molar-refractivity contribution >= 4 is 22.5 Å². The number of benzene rings is 1. The molecule has 0 saturated carbocycles. The number of H-pyrrole nitrogens is 1. The van der Waals surface area contributed by atoms with Gasteiger partial charge in [-0.25, -0.2) is 4.98 Å². The largest absolute Gasteiger partial charge is 0.388 e. The molecule has 24 heavy (non-hydrogen) atoms. The highest BCUT2D eigenvalue weighted by Crippen LogP contribution is 2.18. The second-order valence-corrected chi connectivity index (χ2v) is 6.05. The first kappa shape index (κ1) is 16.5. The van der Waals surface area contributed by atoms with Gasteiger partial charge in [0.15, 0.2) is 17.4 Å². The molecule has 2 aromatic rings. The van der Waals surface area contributed by atoms with Gasteiger partial charge in [-0.15, -0.1) is 0 Å². The molecule has 1 aromatic heterocycles. The van der Waals surface area contributed by atoms with Gasteiger partial charge in [0.1, 0.15) is 6.61 Å². The first-order valence-corrected chi connectivity index (χ1v) is 8.00. The molecule has 0 amide bonds. The third-order valence-corrected chi connectivity index (χ3v) is 4.37. The van der Waals surface area contributed by atoms with Gasteiger partial charge in [-0.2, -0.15) is 0 Å². The Morgan fingerprint density at radius 1 is 1.21 bits per heavy atom. The van der Waals surface area contributed by atoms with Crippen LogP contribution in [0.5, 0.6) is 0 Å². The number of carbonyl (C=O) groups is 2. The number of Topliss-reactive ketones (excluding diaryl/α,β-unsaturated/α-hetero) is 2. The maximum Gasteiger partial charge on any atom is 0.259 e. The van der Waals surface area contributed by atoms with E-state index in [-0.39, 0.29) is 22.7 Å². The molecule has 3 N–H and O–H groups in total. The van der Waals surface area contributed by atoms with Crippen molar-refractivity contribution in [3.05, 3.63) is 39.9 Å². The van der Waals surface area contributed by atoms with Crippen LogP contribution >= 0.6 is 0 Å². The molecule has 1 aromatic carbocycles. The molecule has 0 atom stereocenters. The SMILES string of the molecule is O=C(CO)c1ccc2c(=O)[nH]c(C(=O)CC3CCNCC3)nc2c1. The minimum Gasteiger partial charge on any atom is -0.388 e. The Bertz CT molecular complexity index is 837. The number of piperidine rings is 1. The molecule has 1 fully saturated rings. The molecule has 1 saturated heterocycles. The predicted molar refractivity (Wildman–Crippen MR) is 88.3 cm³/mol. The standard InChI is InChI=1S/C17H19N3O4/c21-9-15(23)11-1-2-12-13(8-11)19-16(20-17(12)24)14(22)7-10-3-5-18-6-4-10/h1-2,8,10,18,21H,3-7,9H2,(H,19,20,24). The highest BCUT2D eigenvalue weighted by molar-refractivity contribution is 6.00. The summed E-state index contributed by atoms with van der Waals surface area (Å²) in [6.07, 6.45) is 2.21. The highest BCUT2D eigenvalue weighted by Gasteiger charge is 2.20. The fourth-order valence-corrected chi connectivity index (χ4v) is 2.98. The summed E-state index contributed by atoms with van der Waals surface area (Å²) in [7, 11) is 0. The average Bonchev–Trinajstić information content (AvgIpc) is 2.61. The van der Waals surface area contributed by atoms with E-state index in [0.717, 1.165) is 25.9 Å². The number of aliphatic hydroxyl groups is 1. The molecule has 1 aliphatic heterocycles. The van der Waals surface area contributed by atoms with Crippen molar-refractivity contribution in [2.45, 2.75) is 19.3 Å². The molecule has 0 radical (unpaired) electrons. The van der Waals surface area contributed by atoms with E-state index in [1.165, 1.54) is 18.2 Å². The van der Waals surface area contributed by atoms with E-state index in [1.54, 1.807) is 0 Å². The van der Waals surface area contributed by atoms with Crippen LogP contribution in [0.2, 0.25) is 0 Å². The van der Waals surface area contributed by atoms with Crippen molar-refractivity contribution in [2.24, 2.45) is 5.92 Å². The number of carbonyl (C=O) groups excluding carboxylic acids is 2. The monoisotopic (exact) mass is 329 g/mol. The number of aliphatic hydroxyl groups excluding tert-OH is 1. The predicted octanol–water partition coefficient (Wildman–Crippen LogP) is 0.670. The maximum absolute atomic E-state index is 12.4. The van der Waals surface area contributed by atoms with Gasteiger partial charge in [0, 0.05) is 12.0 Å². The molecule has 0 unspecified atom stereocenters. The first-order valence-electron chi connectivity index (χ1n) is 8.00. The summed E-state index contributed by atoms with van der Waals surface area (Å²) in [6, 6.07) is 4.38. The van der Waals surface area contributed by atoms with E-state index < -0.39 is 17.9 Å². The summed E-state index contributed by atoms with van der Waals surface area (Å²) in [6.45, 7) is 1.18. The molecule has 3 rings (SSSR count). The van der Waals surface area contributed by atoms with Crippen LogP contribution in [0.4, 0.5) is 0 Å². The summed E-state index contributed by atoms with van der Waals surface area (Å²) in [4.78, 5) is 42.9. The van der Waals surface area contributed by atoms with E-state index in [4.69, 9.17) is 5.11 Å². The van der Waals surface area contributed by atoms with Crippen molar-refractivity contribution in [2.75, 3.05) is 19.7 Å². The lowest BCUT2D eigenvalue weighted by molar-refractivity contribution is 0.0903. The molecular formula is C17H19N3O4. The molecule has 0 aliphatic carbocycles. The Labute approximate surface area is 138 Å². The second kappa shape index (κ2) is 7.02. The molecular weight excluding hydrogens is 310 g/mol. The number of aromatic nitrogens is 2. The number of ketones is 2. The van der Waals surface area contributed by atoms with E-state index in [0.29, 0.717) is 17.7 Å². The number of nitrogens with one attached hydrogen (secondary N) is 2. The van der Waals surface area contributed by atoms with Gasteiger partial charge in [-0.05, 0) is 44.0 Å². The third-order valence-electron chi connectivity index (χ3n) is 4.37. The van der Waals surface area contributed by atoms with Crippen LogP contribution in [0.15, 0.2) is 23.0 Å². The highest BCUT2D eigenvalue weighted by atomic mass is 16.3. The van der Waals surface area contributed by atoms with Crippen LogP contribution in [0.1, 0.15) is 40.2 Å². The fourth-order valence-electron chi connectivity index (χ4n) is 2.98. The lowest BCUT2D eigenvalue weighted by atomic mass is 9.92. The Morgan fingerprint density at radius 2 is 1.96 bits per heavy atom. The number of hydrogen-bond acceptors (Lipinski definition) is 6. The molecule has 0 bridgehead atoms. The van der Waals surface area contributed by atoms with Crippen LogP contribution in [0.3, 0.4) is 0 Å². The van der Waals surface area contributed by atoms with Gasteiger partial charge in [0.2, 0.25) is 0 Å². The number of rotatable bonds is 5. The number of fused-ring (bicyclic) bond motifs is 1. The Balaban J connectivity index is 1.91. The van der Waals surface area contributed by atoms with Crippen molar-refractivity contribution in [1.82, 2.24) is 15.3 Å². The zero-order valence-electron chi connectivity index (χ0n) is 13.2. The van der Waals surface area contributed by atoms with Crippen LogP contribution in [0, 0.1) is 5.92 Å². The molecule has 0 spiro atoms. The maximum atomic E-state index is 12.4. The average molecular weight is 329 g/mol. The van der Waals surface area contributed by atoms with Crippen molar-refractivity contribution in [3.63, 3.8) is 0 Å². The van der Waals surface area contributed by atoms with Crippen LogP contribution < -0.4 is 10.9 Å². The molecule has 7 nitrogen and oxygen atoms in total. The Kier molecular flexibility index (Phi) is 4.82. The third kappa shape index (κ3) is 3.42. The smallest absolute Gasteiger partial charge is 0.259 e. The second-order valence-electron chi connectivity index (χ2n) is 6.05. The number of hydrogen-bond donors (Lipinski definition) is 3. The van der Waals surface area contributed by atoms with Crippen LogP contribution in [-0.2, 0) is 0 Å². The van der Waals surface area contributed by atoms with Gasteiger partial charge in [-0.3, -0.25) is 14.4 Å². The summed E-state index contributed by atoms with van der Waals surface area (Å²) < 4.78 is 0. The molecule has 126 valence electrons. The first-order chi connectivity index (χ1) is 11.6. The Hall–Kier alpha value is -2.38. The summed E-state index contributed by atoms with van der Waals surface area (Å²) >= 11 is 0. The zero-order chi connectivity index (χ0) is 17.1. The van der Waals surface area contributed by atoms with Crippen molar-refractivity contribution in [3.8, 4) is 0 Å². The molecule has 7 heteroatoms. The minimum absolute atomic E-state index is 0.0274. The Morgan fingerprint density at radius 3 is 2.67 bits per heavy atom. The number of aromatic amines is 1. The summed E-state index contributed by atoms with van der Waals surface area (Å²) in [5, 5.41) is 12.5. The van der Waals surface area contributed by atoms with Gasteiger partial charge in [-0.1, -0.05) is 6.07 Å². The van der Waals surface area contributed by atoms with Gasteiger partial charge in [0.05, 0.1) is 10.9 Å². The summed E-state index contributed by atoms with van der Waals surface area (Å²) in [5.74, 6) is -0.331. The van der Waals surface area contributed by atoms with Crippen LogP contribution in [0.25, 0.3) is 10.9 Å². The molecule has 1 aliphatic rings. The molecule has 2 heterocycles. The van der Waals surface area contributed by atoms with Gasteiger partial charge >= 0.3 is 0 Å². The quantitative estimate of drug-likeness (QED) is 0.695. The lowest BCUT2D eigenvalue weighted by Gasteiger charge is -2.21. The van der Waals surface area contributed by atoms with Crippen molar-refractivity contribution in [1.29, 1.82) is 0 Å². The fraction of sp³-hybridized carbons (Fsp3) is 0.412. The number of nitrogens with zero attached hydrogens (tertiary/aromatic N) is 1. The van der Waals surface area contributed by atoms with Crippen LogP contribution in [-0.4, -0.2) is 46.3 Å². The zero-order valence-corrected chi connectivity index (χ0v) is 13.2. The van der Waals surface area contributed by atoms with E-state index >= 15 is 0 Å². The van der Waals surface area contributed by atoms with Crippen molar-refractivity contribution < 1.29 is 14.7 Å². The van der Waals surface area contributed by atoms with Gasteiger partial charge in [0.25, 0.3) is 5.56 Å². The topological polar surface area (TPSA) is 112 Å². The lowest BCUT2D eigenvalue weighted by Crippen LogP contribution is -2.29.